The Morgan fingerprint density at radius 1 is 1.09 bits per heavy atom. The molecule has 0 aliphatic carbocycles. The highest BCUT2D eigenvalue weighted by molar-refractivity contribution is 8.19. The van der Waals surface area contributed by atoms with Crippen LogP contribution in [0.25, 0.3) is 6.08 Å². The molecule has 1 aliphatic rings. The fourth-order valence-electron chi connectivity index (χ4n) is 3.20. The summed E-state index contributed by atoms with van der Waals surface area (Å²) >= 11 is 13.1. The first-order valence-corrected chi connectivity index (χ1v) is 11.7. The molecule has 9 heteroatoms. The Hall–Kier alpha value is -3.26. The predicted octanol–water partition coefficient (Wildman–Crippen LogP) is 6.37. The average molecular weight is 512 g/mol. The van der Waals surface area contributed by atoms with Crippen molar-refractivity contribution in [3.8, 4) is 5.75 Å². The maximum absolute atomic E-state index is 13.0. The van der Waals surface area contributed by atoms with Crippen LogP contribution in [0.3, 0.4) is 0 Å². The predicted molar refractivity (Wildman–Crippen MR) is 139 cm³/mol. The molecule has 0 bridgehead atoms. The molecule has 34 heavy (non-hydrogen) atoms. The molecule has 4 rings (SSSR count). The van der Waals surface area contributed by atoms with E-state index in [-0.39, 0.29) is 23.6 Å². The summed E-state index contributed by atoms with van der Waals surface area (Å²) in [5.41, 5.74) is 2.85. The fourth-order valence-corrected chi connectivity index (χ4v) is 4.34. The zero-order valence-electron chi connectivity index (χ0n) is 18.0. The van der Waals surface area contributed by atoms with Gasteiger partial charge in [0.05, 0.1) is 20.6 Å². The van der Waals surface area contributed by atoms with Gasteiger partial charge in [-0.05, 0) is 61.2 Å². The lowest BCUT2D eigenvalue weighted by Gasteiger charge is -2.15. The van der Waals surface area contributed by atoms with Gasteiger partial charge in [-0.25, -0.2) is 0 Å². The number of aryl methyl sites for hydroxylation is 1. The fraction of sp³-hybridized carbons (Fsp3) is 0.0800. The third-order valence-electron chi connectivity index (χ3n) is 4.88. The van der Waals surface area contributed by atoms with Crippen LogP contribution >= 0.6 is 35.0 Å². The minimum atomic E-state index is -0.361. The summed E-state index contributed by atoms with van der Waals surface area (Å²) in [6.07, 6.45) is 1.65. The van der Waals surface area contributed by atoms with Crippen LogP contribution in [0.15, 0.2) is 71.6 Å². The molecule has 0 saturated carbocycles. The molecule has 2 N–H and O–H groups in total. The van der Waals surface area contributed by atoms with E-state index < -0.39 is 0 Å². The number of thioether (sulfide) groups is 1. The zero-order chi connectivity index (χ0) is 24.2. The summed E-state index contributed by atoms with van der Waals surface area (Å²) in [7, 11) is 0. The standard InChI is InChI=1S/C25H19Cl2N3O3S/c1-15-6-8-17(9-7-15)29-23(31)14-33-21-5-3-2-4-16(21)12-22-24(32)30(25(28)34-22)18-10-11-19(26)20(27)13-18/h2-13,28H,14H2,1H3,(H,29,31)/b22-12-,28-25?. The molecule has 1 fully saturated rings. The molecule has 172 valence electrons. The van der Waals surface area contributed by atoms with Gasteiger partial charge >= 0.3 is 0 Å². The number of ether oxygens (including phenoxy) is 1. The van der Waals surface area contributed by atoms with Gasteiger partial charge in [0.25, 0.3) is 11.8 Å². The van der Waals surface area contributed by atoms with Crippen LogP contribution in [0.1, 0.15) is 11.1 Å². The normalized spacial score (nSPS) is 14.6. The molecule has 1 aliphatic heterocycles. The van der Waals surface area contributed by atoms with Gasteiger partial charge in [0.1, 0.15) is 5.75 Å². The van der Waals surface area contributed by atoms with Crippen LogP contribution in [0.5, 0.6) is 5.75 Å². The monoisotopic (exact) mass is 511 g/mol. The van der Waals surface area contributed by atoms with Gasteiger partial charge in [0.2, 0.25) is 0 Å². The second kappa shape index (κ2) is 10.3. The highest BCUT2D eigenvalue weighted by atomic mass is 35.5. The highest BCUT2D eigenvalue weighted by Gasteiger charge is 2.34. The maximum atomic E-state index is 13.0. The number of carbonyl (C=O) groups excluding carboxylic acids is 2. The second-order valence-corrected chi connectivity index (χ2v) is 9.24. The zero-order valence-corrected chi connectivity index (χ0v) is 20.3. The van der Waals surface area contributed by atoms with E-state index in [9.17, 15) is 9.59 Å². The van der Waals surface area contributed by atoms with E-state index in [4.69, 9.17) is 33.3 Å². The van der Waals surface area contributed by atoms with Crippen molar-refractivity contribution in [1.29, 1.82) is 5.41 Å². The lowest BCUT2D eigenvalue weighted by atomic mass is 10.2. The largest absolute Gasteiger partial charge is 0.483 e. The summed E-state index contributed by atoms with van der Waals surface area (Å²) in [4.78, 5) is 26.9. The average Bonchev–Trinajstić information content (AvgIpc) is 3.09. The summed E-state index contributed by atoms with van der Waals surface area (Å²) in [6.45, 7) is 1.78. The van der Waals surface area contributed by atoms with E-state index in [0.717, 1.165) is 17.3 Å². The van der Waals surface area contributed by atoms with Crippen molar-refractivity contribution in [3.63, 3.8) is 0 Å². The van der Waals surface area contributed by atoms with Gasteiger partial charge in [-0.3, -0.25) is 19.9 Å². The Labute approximate surface area is 211 Å². The molecule has 0 radical (unpaired) electrons. The van der Waals surface area contributed by atoms with Crippen molar-refractivity contribution in [2.45, 2.75) is 6.92 Å². The minimum Gasteiger partial charge on any atom is -0.483 e. The summed E-state index contributed by atoms with van der Waals surface area (Å²) < 4.78 is 5.73. The SMILES string of the molecule is Cc1ccc(NC(=O)COc2ccccc2/C=C2\SC(=N)N(c3ccc(Cl)c(Cl)c3)C2=O)cc1. The number of amides is 2. The van der Waals surface area contributed by atoms with Crippen LogP contribution < -0.4 is 15.0 Å². The van der Waals surface area contributed by atoms with Gasteiger partial charge in [-0.2, -0.15) is 0 Å². The summed E-state index contributed by atoms with van der Waals surface area (Å²) in [5, 5.41) is 11.8. The topological polar surface area (TPSA) is 82.5 Å². The van der Waals surface area contributed by atoms with E-state index in [0.29, 0.717) is 37.6 Å². The van der Waals surface area contributed by atoms with Crippen LogP contribution in [-0.2, 0) is 9.59 Å². The first-order valence-electron chi connectivity index (χ1n) is 10.2. The number of benzene rings is 3. The number of rotatable bonds is 6. The van der Waals surface area contributed by atoms with Crippen molar-refractivity contribution in [2.24, 2.45) is 0 Å². The Morgan fingerprint density at radius 3 is 2.56 bits per heavy atom. The molecule has 0 atom stereocenters. The number of para-hydroxylation sites is 1. The Morgan fingerprint density at radius 2 is 1.82 bits per heavy atom. The van der Waals surface area contributed by atoms with Gasteiger partial charge < -0.3 is 10.1 Å². The molecule has 1 saturated heterocycles. The number of nitrogens with one attached hydrogen (secondary N) is 2. The van der Waals surface area contributed by atoms with E-state index in [1.165, 1.54) is 4.90 Å². The maximum Gasteiger partial charge on any atom is 0.271 e. The number of carbonyl (C=O) groups is 2. The van der Waals surface area contributed by atoms with Crippen molar-refractivity contribution >= 4 is 69.4 Å². The Balaban J connectivity index is 1.48. The molecule has 6 nitrogen and oxygen atoms in total. The molecule has 0 spiro atoms. The quantitative estimate of drug-likeness (QED) is 0.376. The van der Waals surface area contributed by atoms with Gasteiger partial charge in [-0.1, -0.05) is 59.1 Å². The van der Waals surface area contributed by atoms with Crippen molar-refractivity contribution < 1.29 is 14.3 Å². The van der Waals surface area contributed by atoms with Crippen LogP contribution in [0, 0.1) is 12.3 Å². The highest BCUT2D eigenvalue weighted by Crippen LogP contribution is 2.38. The molecular weight excluding hydrogens is 493 g/mol. The summed E-state index contributed by atoms with van der Waals surface area (Å²) in [6, 6.07) is 19.3. The lowest BCUT2D eigenvalue weighted by molar-refractivity contribution is -0.118. The number of hydrogen-bond acceptors (Lipinski definition) is 5. The summed E-state index contributed by atoms with van der Waals surface area (Å²) in [5.74, 6) is -0.215. The number of hydrogen-bond donors (Lipinski definition) is 2. The smallest absolute Gasteiger partial charge is 0.271 e. The lowest BCUT2D eigenvalue weighted by Crippen LogP contribution is -2.28. The van der Waals surface area contributed by atoms with Crippen LogP contribution in [-0.4, -0.2) is 23.6 Å². The third kappa shape index (κ3) is 5.44. The molecule has 1 heterocycles. The van der Waals surface area contributed by atoms with Crippen LogP contribution in [0.2, 0.25) is 10.0 Å². The van der Waals surface area contributed by atoms with Crippen molar-refractivity contribution in [3.05, 3.63) is 92.8 Å². The molecule has 2 amide bonds. The molecular formula is C25H19Cl2N3O3S. The molecule has 0 aromatic heterocycles. The first kappa shape index (κ1) is 23.9. The number of halogens is 2. The van der Waals surface area contributed by atoms with E-state index in [1.54, 1.807) is 48.5 Å². The number of nitrogens with zero attached hydrogens (tertiary/aromatic N) is 1. The minimum absolute atomic E-state index is 0.0468. The molecule has 0 unspecified atom stereocenters. The molecule has 3 aromatic carbocycles. The van der Waals surface area contributed by atoms with Gasteiger partial charge in [-0.15, -0.1) is 0 Å². The van der Waals surface area contributed by atoms with Crippen molar-refractivity contribution in [2.75, 3.05) is 16.8 Å². The second-order valence-electron chi connectivity index (χ2n) is 7.40. The Kier molecular flexibility index (Phi) is 7.26. The van der Waals surface area contributed by atoms with Gasteiger partial charge in [0, 0.05) is 11.3 Å². The molecule has 3 aromatic rings. The van der Waals surface area contributed by atoms with E-state index >= 15 is 0 Å². The van der Waals surface area contributed by atoms with Crippen LogP contribution in [0.4, 0.5) is 11.4 Å². The van der Waals surface area contributed by atoms with E-state index in [2.05, 4.69) is 5.32 Å². The van der Waals surface area contributed by atoms with Crippen molar-refractivity contribution in [1.82, 2.24) is 0 Å². The van der Waals surface area contributed by atoms with E-state index in [1.807, 2.05) is 31.2 Å². The first-order chi connectivity index (χ1) is 16.3. The number of anilines is 2. The van der Waals surface area contributed by atoms with Gasteiger partial charge in [0.15, 0.2) is 11.8 Å². The Bertz CT molecular complexity index is 1310. The number of amidine groups is 1. The third-order valence-corrected chi connectivity index (χ3v) is 6.51.